The maximum Gasteiger partial charge on any atom is 0.323 e. The van der Waals surface area contributed by atoms with Crippen LogP contribution in [-0.2, 0) is 24.2 Å². The van der Waals surface area contributed by atoms with Gasteiger partial charge in [-0.2, -0.15) is 5.10 Å². The first-order valence-electron chi connectivity index (χ1n) is 7.39. The van der Waals surface area contributed by atoms with E-state index in [1.54, 1.807) is 6.92 Å². The lowest BCUT2D eigenvalue weighted by Gasteiger charge is -2.28. The van der Waals surface area contributed by atoms with E-state index in [1.165, 1.54) is 5.69 Å². The second-order valence-corrected chi connectivity index (χ2v) is 5.74. The summed E-state index contributed by atoms with van der Waals surface area (Å²) in [5.41, 5.74) is 1.31. The molecule has 1 atom stereocenters. The molecule has 0 bridgehead atoms. The number of nitrogens with one attached hydrogen (secondary N) is 1. The Hall–Kier alpha value is -1.36. The monoisotopic (exact) mass is 281 g/mol. The molecule has 1 aromatic rings. The molecule has 1 aromatic heterocycles. The molecule has 0 amide bonds. The number of rotatable bonds is 8. The first-order valence-corrected chi connectivity index (χ1v) is 7.39. The molecule has 0 aliphatic rings. The molecule has 1 unspecified atom stereocenters. The second kappa shape index (κ2) is 6.88. The Balaban J connectivity index is 2.82. The summed E-state index contributed by atoms with van der Waals surface area (Å²) in [4.78, 5) is 11.5. The minimum Gasteiger partial charge on any atom is -0.480 e. The molecule has 0 aromatic carbocycles. The van der Waals surface area contributed by atoms with E-state index in [1.807, 2.05) is 18.5 Å². The third-order valence-electron chi connectivity index (χ3n) is 3.54. The number of hydrogen-bond donors (Lipinski definition) is 2. The van der Waals surface area contributed by atoms with Crippen molar-refractivity contribution in [2.75, 3.05) is 0 Å². The van der Waals surface area contributed by atoms with Crippen molar-refractivity contribution in [1.82, 2.24) is 15.1 Å². The largest absolute Gasteiger partial charge is 0.480 e. The molecule has 0 fully saturated rings. The maximum atomic E-state index is 11.5. The fourth-order valence-electron chi connectivity index (χ4n) is 2.37. The van der Waals surface area contributed by atoms with E-state index in [9.17, 15) is 9.90 Å². The number of aryl methyl sites for hydroxylation is 3. The molecule has 0 aliphatic carbocycles. The van der Waals surface area contributed by atoms with E-state index in [4.69, 9.17) is 0 Å². The second-order valence-electron chi connectivity index (χ2n) is 5.74. The highest BCUT2D eigenvalue weighted by molar-refractivity contribution is 5.78. The van der Waals surface area contributed by atoms with Crippen LogP contribution in [0.2, 0.25) is 0 Å². The van der Waals surface area contributed by atoms with Crippen molar-refractivity contribution >= 4 is 5.97 Å². The summed E-state index contributed by atoms with van der Waals surface area (Å²) in [6.07, 6.45) is 2.33. The fraction of sp³-hybridized carbons (Fsp3) is 0.733. The van der Waals surface area contributed by atoms with Crippen LogP contribution in [0.4, 0.5) is 0 Å². The summed E-state index contributed by atoms with van der Waals surface area (Å²) in [6, 6.07) is 2.24. The van der Waals surface area contributed by atoms with Crippen molar-refractivity contribution in [3.05, 3.63) is 17.5 Å². The minimum absolute atomic E-state index is 0.130. The maximum absolute atomic E-state index is 11.5. The van der Waals surface area contributed by atoms with E-state index in [2.05, 4.69) is 30.3 Å². The average Bonchev–Trinajstić information content (AvgIpc) is 2.77. The first-order chi connectivity index (χ1) is 9.32. The topological polar surface area (TPSA) is 67.2 Å². The molecule has 0 saturated heterocycles. The highest BCUT2D eigenvalue weighted by Gasteiger charge is 2.33. The van der Waals surface area contributed by atoms with E-state index in [0.717, 1.165) is 18.5 Å². The Kier molecular flexibility index (Phi) is 5.74. The van der Waals surface area contributed by atoms with Gasteiger partial charge in [-0.05, 0) is 46.1 Å². The highest BCUT2D eigenvalue weighted by atomic mass is 16.4. The van der Waals surface area contributed by atoms with Crippen LogP contribution in [0.5, 0.6) is 0 Å². The Morgan fingerprint density at radius 1 is 1.45 bits per heavy atom. The van der Waals surface area contributed by atoms with Crippen molar-refractivity contribution < 1.29 is 9.90 Å². The summed E-state index contributed by atoms with van der Waals surface area (Å²) in [5, 5.41) is 17.1. The molecule has 2 N–H and O–H groups in total. The lowest BCUT2D eigenvalue weighted by Crippen LogP contribution is -2.53. The Morgan fingerprint density at radius 3 is 2.55 bits per heavy atom. The average molecular weight is 281 g/mol. The summed E-state index contributed by atoms with van der Waals surface area (Å²) >= 11 is 0. The predicted octanol–water partition coefficient (Wildman–Crippen LogP) is 2.24. The SMILES string of the molecule is CCc1cc(CC)n(CCC(C)(NC(C)C)C(=O)O)n1. The van der Waals surface area contributed by atoms with Crippen LogP contribution in [0.1, 0.15) is 52.4 Å². The van der Waals surface area contributed by atoms with Crippen LogP contribution in [-0.4, -0.2) is 32.4 Å². The molecule has 0 spiro atoms. The van der Waals surface area contributed by atoms with Crippen LogP contribution in [0.15, 0.2) is 6.07 Å². The van der Waals surface area contributed by atoms with Gasteiger partial charge < -0.3 is 5.11 Å². The summed E-state index contributed by atoms with van der Waals surface area (Å²) in [5.74, 6) is -0.813. The van der Waals surface area contributed by atoms with Crippen LogP contribution in [0.3, 0.4) is 0 Å². The standard InChI is InChI=1S/C15H27N3O2/c1-6-12-10-13(7-2)18(17-12)9-8-15(5,14(19)20)16-11(3)4/h10-11,16H,6-9H2,1-5H3,(H,19,20). The molecule has 1 rings (SSSR count). The van der Waals surface area contributed by atoms with Crippen molar-refractivity contribution in [2.45, 2.75) is 72.0 Å². The van der Waals surface area contributed by atoms with Crippen molar-refractivity contribution in [3.63, 3.8) is 0 Å². The van der Waals surface area contributed by atoms with Gasteiger partial charge in [-0.3, -0.25) is 14.8 Å². The fourth-order valence-corrected chi connectivity index (χ4v) is 2.37. The number of nitrogens with zero attached hydrogens (tertiary/aromatic N) is 2. The zero-order chi connectivity index (χ0) is 15.3. The van der Waals surface area contributed by atoms with E-state index >= 15 is 0 Å². The van der Waals surface area contributed by atoms with Crippen LogP contribution in [0, 0.1) is 0 Å². The van der Waals surface area contributed by atoms with Gasteiger partial charge in [0, 0.05) is 18.3 Å². The van der Waals surface area contributed by atoms with E-state index < -0.39 is 11.5 Å². The Labute approximate surface area is 121 Å². The summed E-state index contributed by atoms with van der Waals surface area (Å²) in [6.45, 7) is 10.4. The number of carboxylic acids is 1. The zero-order valence-corrected chi connectivity index (χ0v) is 13.2. The summed E-state index contributed by atoms with van der Waals surface area (Å²) in [7, 11) is 0. The van der Waals surface area contributed by atoms with E-state index in [0.29, 0.717) is 13.0 Å². The molecular formula is C15H27N3O2. The van der Waals surface area contributed by atoms with Crippen LogP contribution < -0.4 is 5.32 Å². The Morgan fingerprint density at radius 2 is 2.10 bits per heavy atom. The highest BCUT2D eigenvalue weighted by Crippen LogP contribution is 2.15. The molecule has 0 saturated carbocycles. The van der Waals surface area contributed by atoms with Crippen LogP contribution >= 0.6 is 0 Å². The number of aliphatic carboxylic acids is 1. The van der Waals surface area contributed by atoms with Gasteiger partial charge in [0.2, 0.25) is 0 Å². The van der Waals surface area contributed by atoms with Gasteiger partial charge in [0.1, 0.15) is 5.54 Å². The van der Waals surface area contributed by atoms with Gasteiger partial charge in [0.05, 0.1) is 5.69 Å². The van der Waals surface area contributed by atoms with Gasteiger partial charge in [0.25, 0.3) is 0 Å². The lowest BCUT2D eigenvalue weighted by atomic mass is 9.97. The molecule has 5 nitrogen and oxygen atoms in total. The number of hydrogen-bond acceptors (Lipinski definition) is 3. The van der Waals surface area contributed by atoms with Gasteiger partial charge in [-0.1, -0.05) is 13.8 Å². The number of carboxylic acid groups (broad SMARTS) is 1. The third kappa shape index (κ3) is 4.07. The Bertz CT molecular complexity index is 454. The third-order valence-corrected chi connectivity index (χ3v) is 3.54. The van der Waals surface area contributed by atoms with Gasteiger partial charge in [0.15, 0.2) is 0 Å². The van der Waals surface area contributed by atoms with Crippen molar-refractivity contribution in [2.24, 2.45) is 0 Å². The molecule has 114 valence electrons. The van der Waals surface area contributed by atoms with E-state index in [-0.39, 0.29) is 6.04 Å². The molecule has 20 heavy (non-hydrogen) atoms. The van der Waals surface area contributed by atoms with Crippen LogP contribution in [0.25, 0.3) is 0 Å². The molecule has 1 heterocycles. The van der Waals surface area contributed by atoms with Crippen molar-refractivity contribution in [3.8, 4) is 0 Å². The van der Waals surface area contributed by atoms with Gasteiger partial charge in [-0.15, -0.1) is 0 Å². The number of carbonyl (C=O) groups is 1. The molecule has 0 radical (unpaired) electrons. The normalized spacial score (nSPS) is 14.5. The summed E-state index contributed by atoms with van der Waals surface area (Å²) < 4.78 is 1.95. The molecule has 0 aliphatic heterocycles. The van der Waals surface area contributed by atoms with Crippen molar-refractivity contribution in [1.29, 1.82) is 0 Å². The minimum atomic E-state index is -0.919. The van der Waals surface area contributed by atoms with Gasteiger partial charge in [-0.25, -0.2) is 0 Å². The quantitative estimate of drug-likeness (QED) is 0.767. The number of aromatic nitrogens is 2. The first kappa shape index (κ1) is 16.7. The van der Waals surface area contributed by atoms with Gasteiger partial charge >= 0.3 is 5.97 Å². The lowest BCUT2D eigenvalue weighted by molar-refractivity contribution is -0.144. The molecule has 5 heteroatoms. The predicted molar refractivity (Wildman–Crippen MR) is 79.9 cm³/mol. The smallest absolute Gasteiger partial charge is 0.323 e. The zero-order valence-electron chi connectivity index (χ0n) is 13.2. The molecular weight excluding hydrogens is 254 g/mol.